The first-order valence-corrected chi connectivity index (χ1v) is 9.10. The molecule has 0 fully saturated rings. The summed E-state index contributed by atoms with van der Waals surface area (Å²) in [6.45, 7) is 7.71. The third-order valence-electron chi connectivity index (χ3n) is 4.31. The summed E-state index contributed by atoms with van der Waals surface area (Å²) < 4.78 is 1.40. The van der Waals surface area contributed by atoms with Crippen molar-refractivity contribution in [3.63, 3.8) is 0 Å². The summed E-state index contributed by atoms with van der Waals surface area (Å²) in [5, 5.41) is 3.48. The summed E-state index contributed by atoms with van der Waals surface area (Å²) in [5.41, 5.74) is 2.71. The number of carbonyl (C=O) groups excluding carboxylic acids is 1. The van der Waals surface area contributed by atoms with Crippen LogP contribution >= 0.6 is 11.3 Å². The molecular weight excluding hydrogens is 334 g/mol. The number of anilines is 1. The van der Waals surface area contributed by atoms with E-state index in [4.69, 9.17) is 0 Å². The minimum absolute atomic E-state index is 0.177. The average molecular weight is 355 g/mol. The van der Waals surface area contributed by atoms with E-state index in [9.17, 15) is 9.59 Å². The zero-order chi connectivity index (χ0) is 18.1. The number of aromatic nitrogens is 2. The van der Waals surface area contributed by atoms with Gasteiger partial charge in [-0.3, -0.25) is 14.2 Å². The van der Waals surface area contributed by atoms with Gasteiger partial charge < -0.3 is 5.32 Å². The molecule has 1 atom stereocenters. The lowest BCUT2D eigenvalue weighted by Crippen LogP contribution is -2.31. The molecule has 1 N–H and O–H groups in total. The van der Waals surface area contributed by atoms with Crippen LogP contribution in [-0.4, -0.2) is 15.5 Å². The number of carbonyl (C=O) groups is 1. The van der Waals surface area contributed by atoms with Crippen molar-refractivity contribution in [3.8, 4) is 0 Å². The van der Waals surface area contributed by atoms with E-state index in [1.807, 2.05) is 45.0 Å². The zero-order valence-corrected chi connectivity index (χ0v) is 15.6. The second-order valence-corrected chi connectivity index (χ2v) is 7.34. The average Bonchev–Trinajstić information content (AvgIpc) is 3.01. The highest BCUT2D eigenvalue weighted by molar-refractivity contribution is 7.18. The molecule has 0 aliphatic rings. The van der Waals surface area contributed by atoms with E-state index in [0.29, 0.717) is 5.39 Å². The molecule has 0 aliphatic heterocycles. The van der Waals surface area contributed by atoms with Crippen molar-refractivity contribution in [2.24, 2.45) is 0 Å². The number of hydrogen-bond donors (Lipinski definition) is 1. The fraction of sp³-hybridized carbons (Fsp3) is 0.316. The molecule has 0 spiro atoms. The second-order valence-electron chi connectivity index (χ2n) is 6.23. The van der Waals surface area contributed by atoms with Crippen molar-refractivity contribution < 1.29 is 4.79 Å². The van der Waals surface area contributed by atoms with Crippen molar-refractivity contribution >= 4 is 33.1 Å². The lowest BCUT2D eigenvalue weighted by Gasteiger charge is -2.16. The molecule has 3 rings (SSSR count). The predicted octanol–water partition coefficient (Wildman–Crippen LogP) is 3.84. The maximum atomic E-state index is 12.7. The Balaban J connectivity index is 1.90. The standard InChI is InChI=1S/C19H21N3O2S/c1-5-14-9-15-18(25-14)20-10-22(19(15)24)13(4)17(23)21-16-7-6-11(2)8-12(16)3/h6-10,13H,5H2,1-4H3,(H,21,23)/t13-/m1/s1. The van der Waals surface area contributed by atoms with Crippen LogP contribution in [0.25, 0.3) is 10.2 Å². The van der Waals surface area contributed by atoms with Crippen LogP contribution in [-0.2, 0) is 11.2 Å². The second kappa shape index (κ2) is 6.80. The molecule has 0 saturated heterocycles. The first-order chi connectivity index (χ1) is 11.9. The van der Waals surface area contributed by atoms with E-state index in [1.54, 1.807) is 6.92 Å². The summed E-state index contributed by atoms with van der Waals surface area (Å²) in [6.07, 6.45) is 2.33. The maximum Gasteiger partial charge on any atom is 0.262 e. The topological polar surface area (TPSA) is 64.0 Å². The van der Waals surface area contributed by atoms with Gasteiger partial charge in [0.1, 0.15) is 10.9 Å². The molecule has 5 nitrogen and oxygen atoms in total. The number of amides is 1. The van der Waals surface area contributed by atoms with Crippen LogP contribution in [0.3, 0.4) is 0 Å². The molecule has 1 aromatic carbocycles. The Morgan fingerprint density at radius 2 is 2.08 bits per heavy atom. The van der Waals surface area contributed by atoms with E-state index in [0.717, 1.165) is 32.9 Å². The molecule has 0 unspecified atom stereocenters. The maximum absolute atomic E-state index is 12.7. The van der Waals surface area contributed by atoms with Gasteiger partial charge in [-0.2, -0.15) is 0 Å². The van der Waals surface area contributed by atoms with Crippen LogP contribution in [0.2, 0.25) is 0 Å². The Labute approximate surface area is 150 Å². The van der Waals surface area contributed by atoms with Gasteiger partial charge in [0.15, 0.2) is 0 Å². The minimum atomic E-state index is -0.643. The molecule has 0 radical (unpaired) electrons. The third-order valence-corrected chi connectivity index (χ3v) is 5.50. The highest BCUT2D eigenvalue weighted by Crippen LogP contribution is 2.22. The number of nitrogens with one attached hydrogen (secondary N) is 1. The van der Waals surface area contributed by atoms with Gasteiger partial charge in [-0.25, -0.2) is 4.98 Å². The Bertz CT molecular complexity index is 1000. The molecule has 0 aliphatic carbocycles. The molecule has 130 valence electrons. The van der Waals surface area contributed by atoms with Crippen LogP contribution in [0.1, 0.15) is 35.9 Å². The number of fused-ring (bicyclic) bond motifs is 1. The Morgan fingerprint density at radius 3 is 2.76 bits per heavy atom. The lowest BCUT2D eigenvalue weighted by molar-refractivity contribution is -0.118. The van der Waals surface area contributed by atoms with Gasteiger partial charge in [0.2, 0.25) is 5.91 Å². The number of nitrogens with zero attached hydrogens (tertiary/aromatic N) is 2. The number of benzene rings is 1. The first-order valence-electron chi connectivity index (χ1n) is 8.28. The smallest absolute Gasteiger partial charge is 0.262 e. The van der Waals surface area contributed by atoms with Crippen molar-refractivity contribution in [2.45, 2.75) is 40.2 Å². The van der Waals surface area contributed by atoms with Crippen molar-refractivity contribution in [1.82, 2.24) is 9.55 Å². The van der Waals surface area contributed by atoms with Gasteiger partial charge in [-0.1, -0.05) is 24.6 Å². The van der Waals surface area contributed by atoms with Crippen LogP contribution < -0.4 is 10.9 Å². The number of rotatable bonds is 4. The van der Waals surface area contributed by atoms with Crippen LogP contribution in [0.5, 0.6) is 0 Å². The molecule has 1 amide bonds. The summed E-state index contributed by atoms with van der Waals surface area (Å²) in [6, 6.07) is 7.07. The van der Waals surface area contributed by atoms with Gasteiger partial charge in [-0.15, -0.1) is 11.3 Å². The van der Waals surface area contributed by atoms with Crippen molar-refractivity contribution in [2.75, 3.05) is 5.32 Å². The third kappa shape index (κ3) is 3.35. The summed E-state index contributed by atoms with van der Waals surface area (Å²) in [7, 11) is 0. The number of hydrogen-bond acceptors (Lipinski definition) is 4. The Hall–Kier alpha value is -2.47. The highest BCUT2D eigenvalue weighted by atomic mass is 32.1. The monoisotopic (exact) mass is 355 g/mol. The molecule has 0 saturated carbocycles. The zero-order valence-electron chi connectivity index (χ0n) is 14.8. The van der Waals surface area contributed by atoms with E-state index in [-0.39, 0.29) is 11.5 Å². The van der Waals surface area contributed by atoms with E-state index in [1.165, 1.54) is 22.2 Å². The van der Waals surface area contributed by atoms with E-state index < -0.39 is 6.04 Å². The first kappa shape index (κ1) is 17.4. The lowest BCUT2D eigenvalue weighted by atomic mass is 10.1. The molecule has 6 heteroatoms. The fourth-order valence-corrected chi connectivity index (χ4v) is 3.68. The van der Waals surface area contributed by atoms with Gasteiger partial charge in [0.05, 0.1) is 11.7 Å². The Morgan fingerprint density at radius 1 is 1.32 bits per heavy atom. The van der Waals surface area contributed by atoms with Crippen molar-refractivity contribution in [1.29, 1.82) is 0 Å². The molecule has 25 heavy (non-hydrogen) atoms. The number of thiophene rings is 1. The summed E-state index contributed by atoms with van der Waals surface area (Å²) in [5.74, 6) is -0.235. The molecule has 3 aromatic rings. The molecular formula is C19H21N3O2S. The normalized spacial score (nSPS) is 12.3. The largest absolute Gasteiger partial charge is 0.324 e. The van der Waals surface area contributed by atoms with Gasteiger partial charge in [0, 0.05) is 10.6 Å². The fourth-order valence-electron chi connectivity index (χ4n) is 2.75. The predicted molar refractivity (Wildman–Crippen MR) is 103 cm³/mol. The van der Waals surface area contributed by atoms with E-state index in [2.05, 4.69) is 10.3 Å². The van der Waals surface area contributed by atoms with Crippen LogP contribution in [0, 0.1) is 13.8 Å². The Kier molecular flexibility index (Phi) is 4.72. The molecule has 0 bridgehead atoms. The van der Waals surface area contributed by atoms with E-state index >= 15 is 0 Å². The van der Waals surface area contributed by atoms with Gasteiger partial charge in [0.25, 0.3) is 5.56 Å². The van der Waals surface area contributed by atoms with Crippen LogP contribution in [0.4, 0.5) is 5.69 Å². The summed E-state index contributed by atoms with van der Waals surface area (Å²) in [4.78, 5) is 31.5. The summed E-state index contributed by atoms with van der Waals surface area (Å²) >= 11 is 1.52. The van der Waals surface area contributed by atoms with Gasteiger partial charge in [-0.05, 0) is 44.9 Å². The van der Waals surface area contributed by atoms with Gasteiger partial charge >= 0.3 is 0 Å². The molecule has 2 aromatic heterocycles. The minimum Gasteiger partial charge on any atom is -0.324 e. The SMILES string of the molecule is CCc1cc2c(=O)n([C@H](C)C(=O)Nc3ccc(C)cc3C)cnc2s1. The quantitative estimate of drug-likeness (QED) is 0.773. The highest BCUT2D eigenvalue weighted by Gasteiger charge is 2.19. The van der Waals surface area contributed by atoms with Crippen molar-refractivity contribution in [3.05, 3.63) is 57.0 Å². The van der Waals surface area contributed by atoms with Crippen LogP contribution in [0.15, 0.2) is 35.4 Å². The molecule has 2 heterocycles. The number of aryl methyl sites for hydroxylation is 3.